The Labute approximate surface area is 256 Å². The van der Waals surface area contributed by atoms with E-state index in [2.05, 4.69) is 0 Å². The van der Waals surface area contributed by atoms with E-state index in [4.69, 9.17) is 16.3 Å². The molecule has 2 N–H and O–H groups in total. The van der Waals surface area contributed by atoms with Crippen molar-refractivity contribution in [2.24, 2.45) is 5.92 Å². The van der Waals surface area contributed by atoms with E-state index in [-0.39, 0.29) is 29.9 Å². The molecule has 1 fully saturated rings. The molecule has 0 aliphatic carbocycles. The van der Waals surface area contributed by atoms with Gasteiger partial charge in [0.25, 0.3) is 11.8 Å². The van der Waals surface area contributed by atoms with Crippen molar-refractivity contribution < 1.29 is 24.2 Å². The van der Waals surface area contributed by atoms with Crippen LogP contribution in [0.25, 0.3) is 10.8 Å². The lowest BCUT2D eigenvalue weighted by atomic mass is 9.82. The largest absolute Gasteiger partial charge is 0.432 e. The van der Waals surface area contributed by atoms with Crippen molar-refractivity contribution in [2.75, 3.05) is 16.4 Å². The predicted octanol–water partition coefficient (Wildman–Crippen LogP) is 6.51. The molecule has 0 aromatic heterocycles. The van der Waals surface area contributed by atoms with Gasteiger partial charge in [0.1, 0.15) is 0 Å². The molecule has 0 unspecified atom stereocenters. The van der Waals surface area contributed by atoms with Gasteiger partial charge in [-0.1, -0.05) is 54.9 Å². The molecule has 220 valence electrons. The molecule has 4 atom stereocenters. The van der Waals surface area contributed by atoms with Crippen LogP contribution < -0.4 is 9.80 Å². The van der Waals surface area contributed by atoms with Crippen molar-refractivity contribution in [1.29, 1.82) is 0 Å². The zero-order valence-corrected chi connectivity index (χ0v) is 26.0. The molecule has 4 aromatic carbocycles. The SMILES string of the molecule is C[C@H]1[C@H]([Si](C)(C)O)[C@@H](CCO)O[C@]12C(=O)N(Cc1ccc(N3C(=O)c4cccc5cccc3c45)cc1)c1ccc(Cl)cc12. The van der Waals surface area contributed by atoms with Gasteiger partial charge in [0.15, 0.2) is 13.9 Å². The van der Waals surface area contributed by atoms with Gasteiger partial charge in [0, 0.05) is 39.7 Å². The normalized spacial score (nSPS) is 24.6. The second-order valence-corrected chi connectivity index (χ2v) is 16.8. The van der Waals surface area contributed by atoms with Crippen LogP contribution in [0, 0.1) is 5.92 Å². The lowest BCUT2D eigenvalue weighted by Crippen LogP contribution is -2.46. The summed E-state index contributed by atoms with van der Waals surface area (Å²) in [4.78, 5) is 42.6. The molecule has 0 bridgehead atoms. The van der Waals surface area contributed by atoms with Crippen LogP contribution in [0.3, 0.4) is 0 Å². The molecule has 3 aliphatic heterocycles. The number of hydrogen-bond acceptors (Lipinski definition) is 5. The predicted molar refractivity (Wildman–Crippen MR) is 170 cm³/mol. The Morgan fingerprint density at radius 2 is 1.70 bits per heavy atom. The van der Waals surface area contributed by atoms with E-state index in [1.165, 1.54) is 0 Å². The molecule has 43 heavy (non-hydrogen) atoms. The summed E-state index contributed by atoms with van der Waals surface area (Å²) in [5.41, 5.74) is 3.08. The Morgan fingerprint density at radius 3 is 2.40 bits per heavy atom. The fourth-order valence-corrected chi connectivity index (χ4v) is 10.5. The highest BCUT2D eigenvalue weighted by Gasteiger charge is 2.66. The third-order valence-corrected chi connectivity index (χ3v) is 12.2. The highest BCUT2D eigenvalue weighted by molar-refractivity contribution is 6.71. The summed E-state index contributed by atoms with van der Waals surface area (Å²) in [6.45, 7) is 5.90. The third-order valence-electron chi connectivity index (χ3n) is 9.45. The van der Waals surface area contributed by atoms with Gasteiger partial charge in [-0.15, -0.1) is 0 Å². The van der Waals surface area contributed by atoms with Crippen LogP contribution in [-0.2, 0) is 21.7 Å². The summed E-state index contributed by atoms with van der Waals surface area (Å²) in [7, 11) is -2.78. The summed E-state index contributed by atoms with van der Waals surface area (Å²) in [6.07, 6.45) is -0.112. The van der Waals surface area contributed by atoms with Crippen LogP contribution in [0.15, 0.2) is 78.9 Å². The zero-order chi connectivity index (χ0) is 30.3. The quantitative estimate of drug-likeness (QED) is 0.242. The Morgan fingerprint density at radius 1 is 0.977 bits per heavy atom. The number of amides is 2. The van der Waals surface area contributed by atoms with E-state index in [1.807, 2.05) is 86.7 Å². The van der Waals surface area contributed by atoms with Crippen molar-refractivity contribution in [3.8, 4) is 0 Å². The molecule has 1 spiro atoms. The number of anilines is 3. The minimum Gasteiger partial charge on any atom is -0.432 e. The first kappa shape index (κ1) is 28.2. The smallest absolute Gasteiger partial charge is 0.264 e. The number of nitrogens with zero attached hydrogens (tertiary/aromatic N) is 2. The maximum Gasteiger partial charge on any atom is 0.264 e. The molecule has 3 heterocycles. The molecule has 0 radical (unpaired) electrons. The highest BCUT2D eigenvalue weighted by atomic mass is 35.5. The summed E-state index contributed by atoms with van der Waals surface area (Å²) in [5.74, 6) is -0.572. The summed E-state index contributed by atoms with van der Waals surface area (Å²) < 4.78 is 6.64. The van der Waals surface area contributed by atoms with Crippen molar-refractivity contribution in [1.82, 2.24) is 0 Å². The van der Waals surface area contributed by atoms with Crippen LogP contribution in [0.2, 0.25) is 23.7 Å². The fourth-order valence-electron chi connectivity index (χ4n) is 7.71. The standard InChI is InChI=1S/C34H33ClN2O5Si/c1-20-31(43(2,3)41)29(16-17-38)42-34(20)26-18-23(35)12-15-27(26)36(33(34)40)19-21-10-13-24(14-11-21)37-28-9-5-7-22-6-4-8-25(30(22)28)32(37)39/h4-15,18,20,29,31,38,41H,16-17,19H2,1-3H3/t20-,29+,31-,34+/m0/s1. The van der Waals surface area contributed by atoms with Crippen LogP contribution in [0.4, 0.5) is 17.1 Å². The summed E-state index contributed by atoms with van der Waals surface area (Å²) >= 11 is 6.47. The van der Waals surface area contributed by atoms with Crippen molar-refractivity contribution >= 4 is 59.6 Å². The number of aliphatic hydroxyl groups excluding tert-OH is 1. The number of hydrogen-bond donors (Lipinski definition) is 2. The fraction of sp³-hybridized carbons (Fsp3) is 0.294. The molecule has 0 saturated carbocycles. The molecule has 7 rings (SSSR count). The minimum atomic E-state index is -2.78. The van der Waals surface area contributed by atoms with Gasteiger partial charge in [0.2, 0.25) is 0 Å². The van der Waals surface area contributed by atoms with E-state index in [0.29, 0.717) is 29.1 Å². The van der Waals surface area contributed by atoms with Gasteiger partial charge in [-0.2, -0.15) is 0 Å². The van der Waals surface area contributed by atoms with Gasteiger partial charge in [-0.3, -0.25) is 14.5 Å². The van der Waals surface area contributed by atoms with E-state index < -0.39 is 20.0 Å². The number of rotatable bonds is 6. The molecule has 4 aromatic rings. The first-order valence-electron chi connectivity index (χ1n) is 14.6. The second kappa shape index (κ2) is 10.0. The second-order valence-electron chi connectivity index (χ2n) is 12.4. The van der Waals surface area contributed by atoms with E-state index in [0.717, 1.165) is 33.4 Å². The molecular weight excluding hydrogens is 580 g/mol. The van der Waals surface area contributed by atoms with Crippen molar-refractivity contribution in [3.63, 3.8) is 0 Å². The third kappa shape index (κ3) is 4.12. The molecule has 2 amide bonds. The number of halogens is 1. The van der Waals surface area contributed by atoms with E-state index in [1.54, 1.807) is 21.9 Å². The van der Waals surface area contributed by atoms with E-state index in [9.17, 15) is 19.5 Å². The Hall–Kier alpha value is -3.53. The Bertz CT molecular complexity index is 1780. The number of aliphatic hydroxyl groups is 1. The molecule has 9 heteroatoms. The van der Waals surface area contributed by atoms with Gasteiger partial charge < -0.3 is 19.5 Å². The molecular formula is C34H33ClN2O5Si. The van der Waals surface area contributed by atoms with Crippen LogP contribution in [-0.4, -0.2) is 42.7 Å². The zero-order valence-electron chi connectivity index (χ0n) is 24.3. The lowest BCUT2D eigenvalue weighted by Gasteiger charge is -2.32. The minimum absolute atomic E-state index is 0.0586. The van der Waals surface area contributed by atoms with Crippen LogP contribution in [0.5, 0.6) is 0 Å². The average molecular weight is 613 g/mol. The highest BCUT2D eigenvalue weighted by Crippen LogP contribution is 2.60. The number of benzene rings is 4. The monoisotopic (exact) mass is 612 g/mol. The van der Waals surface area contributed by atoms with Gasteiger partial charge in [-0.05, 0) is 72.9 Å². The first-order valence-corrected chi connectivity index (χ1v) is 18.0. The number of fused-ring (bicyclic) bond motifs is 2. The molecule has 3 aliphatic rings. The number of ether oxygens (including phenoxy) is 1. The van der Waals surface area contributed by atoms with Crippen molar-refractivity contribution in [3.05, 3.63) is 101 Å². The van der Waals surface area contributed by atoms with Crippen LogP contribution in [0.1, 0.15) is 34.8 Å². The molecule has 1 saturated heterocycles. The lowest BCUT2D eigenvalue weighted by molar-refractivity contribution is -0.146. The van der Waals surface area contributed by atoms with E-state index >= 15 is 0 Å². The molecule has 7 nitrogen and oxygen atoms in total. The average Bonchev–Trinajstić information content (AvgIpc) is 3.52. The Kier molecular flexibility index (Phi) is 6.57. The van der Waals surface area contributed by atoms with Gasteiger partial charge in [0.05, 0.1) is 29.6 Å². The first-order chi connectivity index (χ1) is 20.6. The number of carbonyl (C=O) groups excluding carboxylic acids is 2. The van der Waals surface area contributed by atoms with Gasteiger partial charge in [-0.25, -0.2) is 0 Å². The Balaban J connectivity index is 1.22. The topological polar surface area (TPSA) is 90.3 Å². The summed E-state index contributed by atoms with van der Waals surface area (Å²) in [6, 6.07) is 24.9. The van der Waals surface area contributed by atoms with Gasteiger partial charge >= 0.3 is 0 Å². The van der Waals surface area contributed by atoms with Crippen LogP contribution >= 0.6 is 11.6 Å². The summed E-state index contributed by atoms with van der Waals surface area (Å²) in [5, 5.41) is 12.3. The number of carbonyl (C=O) groups is 2. The maximum absolute atomic E-state index is 14.5. The van der Waals surface area contributed by atoms with Crippen molar-refractivity contribution in [2.45, 2.75) is 50.2 Å². The maximum atomic E-state index is 14.5.